The maximum Gasteiger partial charge on any atom is 0.309 e. The molecule has 0 radical (unpaired) electrons. The van der Waals surface area contributed by atoms with Crippen LogP contribution < -0.4 is 4.74 Å². The third kappa shape index (κ3) is 3.54. The van der Waals surface area contributed by atoms with E-state index >= 15 is 0 Å². The van der Waals surface area contributed by atoms with E-state index in [4.69, 9.17) is 4.74 Å². The normalized spacial score (nSPS) is 10.6. The van der Waals surface area contributed by atoms with Crippen LogP contribution in [0.5, 0.6) is 5.88 Å². The van der Waals surface area contributed by atoms with Crippen molar-refractivity contribution in [3.63, 3.8) is 0 Å². The van der Waals surface area contributed by atoms with Crippen molar-refractivity contribution in [2.45, 2.75) is 12.8 Å². The summed E-state index contributed by atoms with van der Waals surface area (Å²) >= 11 is 0. The van der Waals surface area contributed by atoms with E-state index < -0.39 is 0 Å². The third-order valence-corrected chi connectivity index (χ3v) is 3.95. The Morgan fingerprint density at radius 2 is 1.71 bits per heavy atom. The van der Waals surface area contributed by atoms with Gasteiger partial charge < -0.3 is 9.47 Å². The Labute approximate surface area is 141 Å². The molecule has 0 N–H and O–H groups in total. The number of hydrogen-bond acceptors (Lipinski definition) is 4. The zero-order valence-electron chi connectivity index (χ0n) is 13.8. The number of nitrogens with zero attached hydrogens (tertiary/aromatic N) is 1. The second kappa shape index (κ2) is 7.13. The first-order valence-electron chi connectivity index (χ1n) is 7.77. The van der Waals surface area contributed by atoms with Gasteiger partial charge in [0.05, 0.1) is 26.2 Å². The molecule has 0 fully saturated rings. The lowest BCUT2D eigenvalue weighted by Crippen LogP contribution is -2.04. The van der Waals surface area contributed by atoms with Gasteiger partial charge in [-0.2, -0.15) is 0 Å². The van der Waals surface area contributed by atoms with E-state index in [-0.39, 0.29) is 12.4 Å². The summed E-state index contributed by atoms with van der Waals surface area (Å²) in [5, 5.41) is 1.09. The van der Waals surface area contributed by atoms with Gasteiger partial charge in [0, 0.05) is 17.4 Å². The van der Waals surface area contributed by atoms with Crippen LogP contribution in [0.3, 0.4) is 0 Å². The minimum Gasteiger partial charge on any atom is -0.481 e. The van der Waals surface area contributed by atoms with Crippen LogP contribution in [-0.4, -0.2) is 25.2 Å². The maximum atomic E-state index is 11.3. The topological polar surface area (TPSA) is 48.4 Å². The number of fused-ring (bicyclic) bond motifs is 1. The number of esters is 1. The summed E-state index contributed by atoms with van der Waals surface area (Å²) in [6.07, 6.45) is 1.01. The standard InChI is InChI=1S/C20H19NO3/c1-23-19(22)12-15-9-7-14(8-10-15)11-17-13-16-5-3-4-6-18(16)21-20(17)24-2/h3-10,13H,11-12H2,1-2H3. The summed E-state index contributed by atoms with van der Waals surface area (Å²) in [4.78, 5) is 15.9. The quantitative estimate of drug-likeness (QED) is 0.674. The highest BCUT2D eigenvalue weighted by atomic mass is 16.5. The van der Waals surface area contributed by atoms with E-state index in [0.717, 1.165) is 34.0 Å². The van der Waals surface area contributed by atoms with Gasteiger partial charge in [-0.05, 0) is 23.3 Å². The predicted molar refractivity (Wildman–Crippen MR) is 93.3 cm³/mol. The van der Waals surface area contributed by atoms with Gasteiger partial charge in [0.25, 0.3) is 0 Å². The van der Waals surface area contributed by atoms with Gasteiger partial charge in [0.1, 0.15) is 0 Å². The summed E-state index contributed by atoms with van der Waals surface area (Å²) < 4.78 is 10.1. The van der Waals surface area contributed by atoms with Crippen molar-refractivity contribution in [2.75, 3.05) is 14.2 Å². The smallest absolute Gasteiger partial charge is 0.309 e. The average molecular weight is 321 g/mol. The number of aromatic nitrogens is 1. The summed E-state index contributed by atoms with van der Waals surface area (Å²) in [6, 6.07) is 18.0. The Bertz CT molecular complexity index is 856. The number of rotatable bonds is 5. The lowest BCUT2D eigenvalue weighted by atomic mass is 10.0. The predicted octanol–water partition coefficient (Wildman–Crippen LogP) is 3.55. The summed E-state index contributed by atoms with van der Waals surface area (Å²) in [7, 11) is 3.04. The Morgan fingerprint density at radius 1 is 1.00 bits per heavy atom. The van der Waals surface area contributed by atoms with Crippen molar-refractivity contribution in [1.29, 1.82) is 0 Å². The second-order valence-corrected chi connectivity index (χ2v) is 5.60. The van der Waals surface area contributed by atoms with Crippen molar-refractivity contribution >= 4 is 16.9 Å². The van der Waals surface area contributed by atoms with Crippen molar-refractivity contribution in [3.8, 4) is 5.88 Å². The SMILES string of the molecule is COC(=O)Cc1ccc(Cc2cc3ccccc3nc2OC)cc1. The lowest BCUT2D eigenvalue weighted by Gasteiger charge is -2.10. The fraction of sp³-hybridized carbons (Fsp3) is 0.200. The monoisotopic (exact) mass is 321 g/mol. The average Bonchev–Trinajstić information content (AvgIpc) is 2.62. The first-order chi connectivity index (χ1) is 11.7. The molecule has 0 aliphatic rings. The first-order valence-corrected chi connectivity index (χ1v) is 7.77. The van der Waals surface area contributed by atoms with Crippen molar-refractivity contribution in [3.05, 3.63) is 71.3 Å². The minimum atomic E-state index is -0.233. The number of methoxy groups -OCH3 is 2. The van der Waals surface area contributed by atoms with Crippen molar-refractivity contribution in [1.82, 2.24) is 4.98 Å². The molecule has 4 heteroatoms. The Balaban J connectivity index is 1.85. The van der Waals surface area contributed by atoms with Crippen LogP contribution in [0.4, 0.5) is 0 Å². The number of benzene rings is 2. The molecular formula is C20H19NO3. The van der Waals surface area contributed by atoms with E-state index in [9.17, 15) is 4.79 Å². The van der Waals surface area contributed by atoms with Crippen LogP contribution >= 0.6 is 0 Å². The van der Waals surface area contributed by atoms with E-state index in [2.05, 4.69) is 15.8 Å². The maximum absolute atomic E-state index is 11.3. The molecule has 4 nitrogen and oxygen atoms in total. The molecule has 0 atom stereocenters. The van der Waals surface area contributed by atoms with Crippen LogP contribution in [0.2, 0.25) is 0 Å². The van der Waals surface area contributed by atoms with Crippen LogP contribution in [0.1, 0.15) is 16.7 Å². The van der Waals surface area contributed by atoms with E-state index in [1.807, 2.05) is 48.5 Å². The zero-order valence-corrected chi connectivity index (χ0v) is 13.8. The Morgan fingerprint density at radius 3 is 2.42 bits per heavy atom. The van der Waals surface area contributed by atoms with Crippen LogP contribution in [0, 0.1) is 0 Å². The molecule has 122 valence electrons. The third-order valence-electron chi connectivity index (χ3n) is 3.95. The van der Waals surface area contributed by atoms with Crippen LogP contribution in [-0.2, 0) is 22.4 Å². The molecule has 3 aromatic rings. The molecule has 2 aromatic carbocycles. The number of para-hydroxylation sites is 1. The van der Waals surface area contributed by atoms with Gasteiger partial charge in [0.2, 0.25) is 5.88 Å². The largest absolute Gasteiger partial charge is 0.481 e. The Kier molecular flexibility index (Phi) is 4.75. The van der Waals surface area contributed by atoms with E-state index in [0.29, 0.717) is 5.88 Å². The molecule has 0 saturated carbocycles. The number of hydrogen-bond donors (Lipinski definition) is 0. The van der Waals surface area contributed by atoms with Gasteiger partial charge in [-0.15, -0.1) is 0 Å². The second-order valence-electron chi connectivity index (χ2n) is 5.60. The molecule has 0 spiro atoms. The molecule has 0 bridgehead atoms. The lowest BCUT2D eigenvalue weighted by molar-refractivity contribution is -0.139. The highest BCUT2D eigenvalue weighted by Crippen LogP contribution is 2.24. The van der Waals surface area contributed by atoms with Crippen LogP contribution in [0.15, 0.2) is 54.6 Å². The number of carbonyl (C=O) groups is 1. The molecule has 0 amide bonds. The molecule has 0 unspecified atom stereocenters. The zero-order chi connectivity index (χ0) is 16.9. The van der Waals surface area contributed by atoms with Gasteiger partial charge in [-0.25, -0.2) is 4.98 Å². The fourth-order valence-electron chi connectivity index (χ4n) is 2.68. The molecule has 0 aliphatic carbocycles. The van der Waals surface area contributed by atoms with Gasteiger partial charge >= 0.3 is 5.97 Å². The molecular weight excluding hydrogens is 302 g/mol. The van der Waals surface area contributed by atoms with Crippen LogP contribution in [0.25, 0.3) is 10.9 Å². The highest BCUT2D eigenvalue weighted by molar-refractivity contribution is 5.80. The summed E-state index contributed by atoms with van der Waals surface area (Å²) in [6.45, 7) is 0. The highest BCUT2D eigenvalue weighted by Gasteiger charge is 2.09. The van der Waals surface area contributed by atoms with Gasteiger partial charge in [-0.1, -0.05) is 42.5 Å². The number of pyridine rings is 1. The van der Waals surface area contributed by atoms with Gasteiger partial charge in [-0.3, -0.25) is 4.79 Å². The van der Waals surface area contributed by atoms with E-state index in [1.165, 1.54) is 7.11 Å². The first kappa shape index (κ1) is 16.0. The molecule has 0 aliphatic heterocycles. The fourth-order valence-corrected chi connectivity index (χ4v) is 2.68. The summed E-state index contributed by atoms with van der Waals surface area (Å²) in [5.41, 5.74) is 4.04. The van der Waals surface area contributed by atoms with Crippen molar-refractivity contribution < 1.29 is 14.3 Å². The Hall–Kier alpha value is -2.88. The summed E-state index contributed by atoms with van der Waals surface area (Å²) in [5.74, 6) is 0.412. The molecule has 3 rings (SSSR count). The number of carbonyl (C=O) groups excluding carboxylic acids is 1. The molecule has 0 saturated heterocycles. The molecule has 1 aromatic heterocycles. The number of ether oxygens (including phenoxy) is 2. The van der Waals surface area contributed by atoms with E-state index in [1.54, 1.807) is 7.11 Å². The molecule has 24 heavy (non-hydrogen) atoms. The minimum absolute atomic E-state index is 0.233. The van der Waals surface area contributed by atoms with Gasteiger partial charge in [0.15, 0.2) is 0 Å². The van der Waals surface area contributed by atoms with Crippen molar-refractivity contribution in [2.24, 2.45) is 0 Å². The molecule has 1 heterocycles.